The Bertz CT molecular complexity index is 991. The minimum Gasteiger partial charge on any atom is -0.497 e. The summed E-state index contributed by atoms with van der Waals surface area (Å²) >= 11 is 1.35. The summed E-state index contributed by atoms with van der Waals surface area (Å²) in [5.74, 6) is 1.10. The van der Waals surface area contributed by atoms with Crippen LogP contribution in [0.25, 0.3) is 0 Å². The molecule has 0 aliphatic carbocycles. The molecule has 0 unspecified atom stereocenters. The summed E-state index contributed by atoms with van der Waals surface area (Å²) in [6.45, 7) is 6.01. The number of anilines is 3. The Balaban J connectivity index is 1.76. The van der Waals surface area contributed by atoms with E-state index in [1.54, 1.807) is 25.7 Å². The Morgan fingerprint density at radius 2 is 1.75 bits per heavy atom. The number of nitrogens with zero attached hydrogens (tertiary/aromatic N) is 1. The lowest BCUT2D eigenvalue weighted by Gasteiger charge is -2.12. The van der Waals surface area contributed by atoms with E-state index in [-0.39, 0.29) is 5.91 Å². The van der Waals surface area contributed by atoms with Crippen molar-refractivity contribution < 1.29 is 14.3 Å². The van der Waals surface area contributed by atoms with Crippen molar-refractivity contribution in [2.75, 3.05) is 24.9 Å². The summed E-state index contributed by atoms with van der Waals surface area (Å²) in [5, 5.41) is 8.50. The SMILES string of the molecule is COc1ccc(Nc2nc(C(=O)Nc3c(C)cc(C)cc3C)cs2)c(OC)c1. The van der Waals surface area contributed by atoms with Gasteiger partial charge in [-0.3, -0.25) is 4.79 Å². The van der Waals surface area contributed by atoms with Gasteiger partial charge in [0.25, 0.3) is 5.91 Å². The molecule has 0 spiro atoms. The molecule has 0 atom stereocenters. The van der Waals surface area contributed by atoms with E-state index in [0.717, 1.165) is 22.5 Å². The number of hydrogen-bond acceptors (Lipinski definition) is 6. The maximum Gasteiger partial charge on any atom is 0.275 e. The van der Waals surface area contributed by atoms with Crippen LogP contribution in [0.5, 0.6) is 11.5 Å². The van der Waals surface area contributed by atoms with Crippen molar-refractivity contribution in [3.63, 3.8) is 0 Å². The molecule has 1 heterocycles. The molecule has 7 heteroatoms. The molecule has 2 N–H and O–H groups in total. The van der Waals surface area contributed by atoms with Gasteiger partial charge in [0.1, 0.15) is 17.2 Å². The Hall–Kier alpha value is -3.06. The summed E-state index contributed by atoms with van der Waals surface area (Å²) in [5.41, 5.74) is 5.16. The summed E-state index contributed by atoms with van der Waals surface area (Å²) in [6.07, 6.45) is 0. The highest BCUT2D eigenvalue weighted by molar-refractivity contribution is 7.14. The zero-order valence-electron chi connectivity index (χ0n) is 16.5. The first-order chi connectivity index (χ1) is 13.4. The molecule has 3 aromatic rings. The molecule has 0 saturated heterocycles. The highest BCUT2D eigenvalue weighted by Crippen LogP contribution is 2.32. The number of amides is 1. The second-order valence-corrected chi connectivity index (χ2v) is 7.32. The largest absolute Gasteiger partial charge is 0.497 e. The van der Waals surface area contributed by atoms with Gasteiger partial charge in [0.15, 0.2) is 5.13 Å². The van der Waals surface area contributed by atoms with E-state index in [9.17, 15) is 4.79 Å². The molecule has 0 aliphatic rings. The van der Waals surface area contributed by atoms with Crippen molar-refractivity contribution in [3.8, 4) is 11.5 Å². The van der Waals surface area contributed by atoms with Crippen molar-refractivity contribution in [1.29, 1.82) is 0 Å². The fraction of sp³-hybridized carbons (Fsp3) is 0.238. The number of ether oxygens (including phenoxy) is 2. The number of nitrogens with one attached hydrogen (secondary N) is 2. The minimum absolute atomic E-state index is 0.235. The average Bonchev–Trinajstić information content (AvgIpc) is 3.13. The van der Waals surface area contributed by atoms with Crippen LogP contribution < -0.4 is 20.1 Å². The van der Waals surface area contributed by atoms with Crippen LogP contribution in [0.1, 0.15) is 27.2 Å². The van der Waals surface area contributed by atoms with Crippen LogP contribution in [0.2, 0.25) is 0 Å². The maximum atomic E-state index is 12.6. The fourth-order valence-electron chi connectivity index (χ4n) is 3.01. The van der Waals surface area contributed by atoms with E-state index in [4.69, 9.17) is 9.47 Å². The third-order valence-electron chi connectivity index (χ3n) is 4.30. The zero-order valence-corrected chi connectivity index (χ0v) is 17.4. The standard InChI is InChI=1S/C21H23N3O3S/c1-12-8-13(2)19(14(3)9-12)24-20(25)17-11-28-21(23-17)22-16-7-6-15(26-4)10-18(16)27-5/h6-11H,1-5H3,(H,22,23)(H,24,25). The molecule has 6 nitrogen and oxygen atoms in total. The number of benzene rings is 2. The van der Waals surface area contributed by atoms with E-state index < -0.39 is 0 Å². The van der Waals surface area contributed by atoms with E-state index in [1.165, 1.54) is 16.9 Å². The van der Waals surface area contributed by atoms with Crippen molar-refractivity contribution in [2.45, 2.75) is 20.8 Å². The van der Waals surface area contributed by atoms with E-state index in [1.807, 2.05) is 45.0 Å². The molecule has 1 aromatic heterocycles. The van der Waals surface area contributed by atoms with Crippen LogP contribution in [0.15, 0.2) is 35.7 Å². The fourth-order valence-corrected chi connectivity index (χ4v) is 3.71. The molecule has 28 heavy (non-hydrogen) atoms. The Morgan fingerprint density at radius 1 is 1.04 bits per heavy atom. The van der Waals surface area contributed by atoms with Crippen molar-refractivity contribution >= 4 is 33.8 Å². The summed E-state index contributed by atoms with van der Waals surface area (Å²) in [6, 6.07) is 9.55. The van der Waals surface area contributed by atoms with Crippen LogP contribution >= 0.6 is 11.3 Å². The number of thiazole rings is 1. The van der Waals surface area contributed by atoms with E-state index >= 15 is 0 Å². The number of rotatable bonds is 6. The van der Waals surface area contributed by atoms with Gasteiger partial charge in [0.05, 0.1) is 19.9 Å². The van der Waals surface area contributed by atoms with Crippen molar-refractivity contribution in [3.05, 3.63) is 58.1 Å². The molecule has 0 bridgehead atoms. The van der Waals surface area contributed by atoms with Gasteiger partial charge in [-0.1, -0.05) is 17.7 Å². The van der Waals surface area contributed by atoms with Gasteiger partial charge >= 0.3 is 0 Å². The quantitative estimate of drug-likeness (QED) is 0.607. The first kappa shape index (κ1) is 19.7. The van der Waals surface area contributed by atoms with Crippen LogP contribution in [0.3, 0.4) is 0 Å². The Morgan fingerprint density at radius 3 is 2.39 bits per heavy atom. The lowest BCUT2D eigenvalue weighted by molar-refractivity contribution is 0.102. The first-order valence-corrected chi connectivity index (χ1v) is 9.63. The number of aryl methyl sites for hydroxylation is 3. The van der Waals surface area contributed by atoms with Gasteiger partial charge < -0.3 is 20.1 Å². The molecule has 0 saturated carbocycles. The molecule has 146 valence electrons. The van der Waals surface area contributed by atoms with Gasteiger partial charge in [-0.2, -0.15) is 0 Å². The summed E-state index contributed by atoms with van der Waals surface area (Å²) < 4.78 is 10.6. The second-order valence-electron chi connectivity index (χ2n) is 6.46. The van der Waals surface area contributed by atoms with E-state index in [2.05, 4.69) is 15.6 Å². The van der Waals surface area contributed by atoms with Crippen molar-refractivity contribution in [1.82, 2.24) is 4.98 Å². The van der Waals surface area contributed by atoms with Gasteiger partial charge in [-0.25, -0.2) is 4.98 Å². The molecule has 0 aliphatic heterocycles. The molecule has 1 amide bonds. The topological polar surface area (TPSA) is 72.5 Å². The van der Waals surface area contributed by atoms with E-state index in [0.29, 0.717) is 22.3 Å². The van der Waals surface area contributed by atoms with Crippen LogP contribution in [-0.2, 0) is 0 Å². The van der Waals surface area contributed by atoms with Gasteiger partial charge in [-0.15, -0.1) is 11.3 Å². The number of aromatic nitrogens is 1. The van der Waals surface area contributed by atoms with Crippen LogP contribution in [0.4, 0.5) is 16.5 Å². The third kappa shape index (κ3) is 4.26. The second kappa shape index (κ2) is 8.31. The minimum atomic E-state index is -0.235. The first-order valence-electron chi connectivity index (χ1n) is 8.75. The molecular weight excluding hydrogens is 374 g/mol. The van der Waals surface area contributed by atoms with Crippen molar-refractivity contribution in [2.24, 2.45) is 0 Å². The molecular formula is C21H23N3O3S. The molecule has 2 aromatic carbocycles. The number of hydrogen-bond donors (Lipinski definition) is 2. The maximum absolute atomic E-state index is 12.6. The predicted molar refractivity (Wildman–Crippen MR) is 114 cm³/mol. The third-order valence-corrected chi connectivity index (χ3v) is 5.06. The highest BCUT2D eigenvalue weighted by atomic mass is 32.1. The summed E-state index contributed by atoms with van der Waals surface area (Å²) in [4.78, 5) is 17.0. The number of carbonyl (C=O) groups is 1. The Kier molecular flexibility index (Phi) is 5.84. The molecule has 0 fully saturated rings. The Labute approximate surface area is 168 Å². The number of methoxy groups -OCH3 is 2. The van der Waals surface area contributed by atoms with Crippen LogP contribution in [-0.4, -0.2) is 25.1 Å². The normalized spacial score (nSPS) is 10.5. The average molecular weight is 398 g/mol. The summed E-state index contributed by atoms with van der Waals surface area (Å²) in [7, 11) is 3.19. The van der Waals surface area contributed by atoms with Gasteiger partial charge in [-0.05, 0) is 44.0 Å². The smallest absolute Gasteiger partial charge is 0.275 e. The number of carbonyl (C=O) groups excluding carboxylic acids is 1. The van der Waals surface area contributed by atoms with Crippen LogP contribution in [0, 0.1) is 20.8 Å². The zero-order chi connectivity index (χ0) is 20.3. The lowest BCUT2D eigenvalue weighted by Crippen LogP contribution is -2.14. The van der Waals surface area contributed by atoms with Gasteiger partial charge in [0.2, 0.25) is 0 Å². The monoisotopic (exact) mass is 397 g/mol. The molecule has 0 radical (unpaired) electrons. The highest BCUT2D eigenvalue weighted by Gasteiger charge is 2.15. The predicted octanol–water partition coefficient (Wildman–Crippen LogP) is 5.08. The lowest BCUT2D eigenvalue weighted by atomic mass is 10.1. The molecule has 3 rings (SSSR count). The van der Waals surface area contributed by atoms with Gasteiger partial charge in [0, 0.05) is 17.1 Å².